The number of unbranched alkanes of at least 4 members (excludes halogenated alkanes) is 2. The van der Waals surface area contributed by atoms with E-state index in [1.165, 1.54) is 12.8 Å². The van der Waals surface area contributed by atoms with E-state index in [1.54, 1.807) is 0 Å². The summed E-state index contributed by atoms with van der Waals surface area (Å²) in [4.78, 5) is 10.2. The van der Waals surface area contributed by atoms with E-state index in [-0.39, 0.29) is 6.04 Å². The van der Waals surface area contributed by atoms with Gasteiger partial charge in [-0.1, -0.05) is 38.8 Å². The van der Waals surface area contributed by atoms with Gasteiger partial charge in [0.2, 0.25) is 0 Å². The lowest BCUT2D eigenvalue weighted by molar-refractivity contribution is 0.0250. The van der Waals surface area contributed by atoms with E-state index >= 15 is 0 Å². The summed E-state index contributed by atoms with van der Waals surface area (Å²) >= 11 is 0. The van der Waals surface area contributed by atoms with Gasteiger partial charge in [0.1, 0.15) is 18.2 Å². The Hall–Kier alpha value is -2.25. The Morgan fingerprint density at radius 1 is 1.07 bits per heavy atom. The molecule has 3 heterocycles. The Morgan fingerprint density at radius 3 is 2.52 bits per heavy atom. The fraction of sp³-hybridized carbons (Fsp3) is 0.591. The van der Waals surface area contributed by atoms with Crippen molar-refractivity contribution in [1.82, 2.24) is 24.6 Å². The molecule has 1 atom stereocenters. The minimum absolute atomic E-state index is 0.0116. The minimum Gasteiger partial charge on any atom is -0.379 e. The highest BCUT2D eigenvalue weighted by Crippen LogP contribution is 2.35. The molecular weight excluding hydrogens is 364 g/mol. The molecule has 0 radical (unpaired) electrons. The SMILES string of the molecule is CCCCN(CCCC)C1=Nc2ccccc2-n2cnnc2C1N1CCOCC1. The van der Waals surface area contributed by atoms with E-state index in [0.29, 0.717) is 0 Å². The zero-order chi connectivity index (χ0) is 20.1. The fourth-order valence-corrected chi connectivity index (χ4v) is 4.12. The molecule has 0 amide bonds. The Balaban J connectivity index is 1.82. The second kappa shape index (κ2) is 9.50. The number of morpholine rings is 1. The van der Waals surface area contributed by atoms with Gasteiger partial charge in [0.05, 0.1) is 24.6 Å². The van der Waals surface area contributed by atoms with Crippen molar-refractivity contribution >= 4 is 11.5 Å². The van der Waals surface area contributed by atoms with Crippen molar-refractivity contribution in [2.75, 3.05) is 39.4 Å². The number of hydrogen-bond donors (Lipinski definition) is 0. The van der Waals surface area contributed by atoms with Gasteiger partial charge in [-0.25, -0.2) is 4.99 Å². The third-order valence-corrected chi connectivity index (χ3v) is 5.74. The molecule has 1 aromatic heterocycles. The lowest BCUT2D eigenvalue weighted by Crippen LogP contribution is -2.48. The molecule has 0 N–H and O–H groups in total. The average Bonchev–Trinajstić information content (AvgIpc) is 3.19. The van der Waals surface area contributed by atoms with Crippen molar-refractivity contribution < 1.29 is 4.74 Å². The van der Waals surface area contributed by atoms with Crippen molar-refractivity contribution in [2.24, 2.45) is 4.99 Å². The number of nitrogens with zero attached hydrogens (tertiary/aromatic N) is 6. The normalized spacial score (nSPS) is 19.2. The Labute approximate surface area is 173 Å². The number of aromatic nitrogens is 3. The minimum atomic E-state index is -0.0116. The zero-order valence-electron chi connectivity index (χ0n) is 17.6. The lowest BCUT2D eigenvalue weighted by Gasteiger charge is -2.38. The molecule has 1 fully saturated rings. The molecule has 1 saturated heterocycles. The fourth-order valence-electron chi connectivity index (χ4n) is 4.12. The highest BCUT2D eigenvalue weighted by molar-refractivity contribution is 5.92. The van der Waals surface area contributed by atoms with Crippen LogP contribution in [-0.2, 0) is 4.74 Å². The van der Waals surface area contributed by atoms with Crippen LogP contribution in [0.2, 0.25) is 0 Å². The van der Waals surface area contributed by atoms with E-state index in [4.69, 9.17) is 9.73 Å². The second-order valence-electron chi connectivity index (χ2n) is 7.76. The second-order valence-corrected chi connectivity index (χ2v) is 7.76. The molecule has 156 valence electrons. The highest BCUT2D eigenvalue weighted by atomic mass is 16.5. The summed E-state index contributed by atoms with van der Waals surface area (Å²) in [5.74, 6) is 2.06. The molecule has 4 rings (SSSR count). The molecule has 0 saturated carbocycles. The van der Waals surface area contributed by atoms with Crippen LogP contribution in [0.5, 0.6) is 0 Å². The standard InChI is InChI=1S/C22H32N6O/c1-3-5-11-27(12-6-4-2)21-20(26-13-15-29-16-14-26)22-25-23-17-28(22)19-10-8-7-9-18(19)24-21/h7-10,17,20H,3-6,11-16H2,1-2H3. The number of aliphatic imine (C=N–C) groups is 1. The van der Waals surface area contributed by atoms with E-state index in [2.05, 4.69) is 62.7 Å². The summed E-state index contributed by atoms with van der Waals surface area (Å²) < 4.78 is 7.76. The molecule has 29 heavy (non-hydrogen) atoms. The van der Waals surface area contributed by atoms with Gasteiger partial charge in [0.25, 0.3) is 0 Å². The van der Waals surface area contributed by atoms with Gasteiger partial charge in [-0.15, -0.1) is 10.2 Å². The third-order valence-electron chi connectivity index (χ3n) is 5.74. The number of amidine groups is 1. The first kappa shape index (κ1) is 20.0. The van der Waals surface area contributed by atoms with E-state index in [0.717, 1.165) is 75.3 Å². The molecule has 7 heteroatoms. The van der Waals surface area contributed by atoms with Crippen LogP contribution in [0.15, 0.2) is 35.6 Å². The van der Waals surface area contributed by atoms with Gasteiger partial charge in [0.15, 0.2) is 5.82 Å². The number of para-hydroxylation sites is 2. The number of fused-ring (bicyclic) bond motifs is 3. The average molecular weight is 397 g/mol. The Kier molecular flexibility index (Phi) is 6.56. The van der Waals surface area contributed by atoms with Gasteiger partial charge in [-0.3, -0.25) is 9.47 Å². The third kappa shape index (κ3) is 4.21. The Morgan fingerprint density at radius 2 is 1.79 bits per heavy atom. The van der Waals surface area contributed by atoms with Crippen LogP contribution in [0.25, 0.3) is 5.69 Å². The van der Waals surface area contributed by atoms with Gasteiger partial charge in [-0.2, -0.15) is 0 Å². The first-order valence-corrected chi connectivity index (χ1v) is 11.0. The van der Waals surface area contributed by atoms with Crippen LogP contribution in [0.4, 0.5) is 5.69 Å². The molecule has 0 aliphatic carbocycles. The summed E-state index contributed by atoms with van der Waals surface area (Å²) in [5.41, 5.74) is 2.03. The monoisotopic (exact) mass is 396 g/mol. The summed E-state index contributed by atoms with van der Waals surface area (Å²) in [6, 6.07) is 8.30. The van der Waals surface area contributed by atoms with Crippen LogP contribution >= 0.6 is 0 Å². The maximum atomic E-state index is 5.64. The molecule has 2 aromatic rings. The van der Waals surface area contributed by atoms with Crippen LogP contribution < -0.4 is 0 Å². The van der Waals surface area contributed by atoms with E-state index < -0.39 is 0 Å². The van der Waals surface area contributed by atoms with Crippen LogP contribution in [-0.4, -0.2) is 69.8 Å². The number of hydrogen-bond acceptors (Lipinski definition) is 6. The zero-order valence-corrected chi connectivity index (χ0v) is 17.6. The molecule has 0 spiro atoms. The maximum absolute atomic E-state index is 5.64. The van der Waals surface area contributed by atoms with Gasteiger partial charge in [0, 0.05) is 26.2 Å². The first-order valence-electron chi connectivity index (χ1n) is 11.0. The van der Waals surface area contributed by atoms with Crippen molar-refractivity contribution in [2.45, 2.75) is 45.6 Å². The number of rotatable bonds is 7. The number of benzene rings is 1. The van der Waals surface area contributed by atoms with Crippen molar-refractivity contribution in [1.29, 1.82) is 0 Å². The quantitative estimate of drug-likeness (QED) is 0.716. The molecule has 1 unspecified atom stereocenters. The molecule has 0 bridgehead atoms. The van der Waals surface area contributed by atoms with Crippen LogP contribution in [0, 0.1) is 0 Å². The maximum Gasteiger partial charge on any atom is 0.162 e. The summed E-state index contributed by atoms with van der Waals surface area (Å²) in [7, 11) is 0. The molecule has 2 aliphatic rings. The smallest absolute Gasteiger partial charge is 0.162 e. The van der Waals surface area contributed by atoms with Crippen LogP contribution in [0.1, 0.15) is 51.4 Å². The summed E-state index contributed by atoms with van der Waals surface area (Å²) in [5, 5.41) is 8.88. The van der Waals surface area contributed by atoms with Gasteiger partial charge < -0.3 is 9.64 Å². The summed E-state index contributed by atoms with van der Waals surface area (Å²) in [6.07, 6.45) is 6.48. The van der Waals surface area contributed by atoms with Gasteiger partial charge >= 0.3 is 0 Å². The van der Waals surface area contributed by atoms with Crippen molar-refractivity contribution in [3.63, 3.8) is 0 Å². The van der Waals surface area contributed by atoms with E-state index in [1.807, 2.05) is 6.33 Å². The lowest BCUT2D eigenvalue weighted by atomic mass is 10.1. The van der Waals surface area contributed by atoms with E-state index in [9.17, 15) is 0 Å². The van der Waals surface area contributed by atoms with Crippen molar-refractivity contribution in [3.05, 3.63) is 36.4 Å². The molecular formula is C22H32N6O. The number of ether oxygens (including phenoxy) is 1. The largest absolute Gasteiger partial charge is 0.379 e. The molecule has 1 aromatic carbocycles. The predicted octanol–water partition coefficient (Wildman–Crippen LogP) is 3.59. The predicted molar refractivity (Wildman–Crippen MR) is 115 cm³/mol. The van der Waals surface area contributed by atoms with Gasteiger partial charge in [-0.05, 0) is 25.0 Å². The summed E-state index contributed by atoms with van der Waals surface area (Å²) in [6.45, 7) is 9.78. The molecule has 7 nitrogen and oxygen atoms in total. The topological polar surface area (TPSA) is 58.8 Å². The first-order chi connectivity index (χ1) is 14.3. The van der Waals surface area contributed by atoms with Crippen molar-refractivity contribution in [3.8, 4) is 5.69 Å². The molecule has 2 aliphatic heterocycles. The van der Waals surface area contributed by atoms with Crippen LogP contribution in [0.3, 0.4) is 0 Å². The highest BCUT2D eigenvalue weighted by Gasteiger charge is 2.36. The Bertz CT molecular complexity index is 818.